The molecule has 106 valence electrons. The van der Waals surface area contributed by atoms with Crippen molar-refractivity contribution in [2.45, 2.75) is 26.8 Å². The summed E-state index contributed by atoms with van der Waals surface area (Å²) in [7, 11) is 0. The molecule has 20 heavy (non-hydrogen) atoms. The second kappa shape index (κ2) is 6.00. The van der Waals surface area contributed by atoms with Crippen LogP contribution >= 0.6 is 15.9 Å². The van der Waals surface area contributed by atoms with Gasteiger partial charge in [-0.15, -0.1) is 0 Å². The lowest BCUT2D eigenvalue weighted by Crippen LogP contribution is -2.02. The van der Waals surface area contributed by atoms with E-state index in [0.717, 1.165) is 10.9 Å². The molecule has 0 atom stereocenters. The predicted octanol–water partition coefficient (Wildman–Crippen LogP) is 3.46. The van der Waals surface area contributed by atoms with Crippen molar-refractivity contribution in [1.29, 1.82) is 0 Å². The van der Waals surface area contributed by atoms with Gasteiger partial charge >= 0.3 is 5.69 Å². The average molecular weight is 341 g/mol. The summed E-state index contributed by atoms with van der Waals surface area (Å²) in [6.45, 7) is 4.11. The zero-order chi connectivity index (χ0) is 14.7. The lowest BCUT2D eigenvalue weighted by Gasteiger charge is -2.07. The normalized spacial score (nSPS) is 10.6. The van der Waals surface area contributed by atoms with E-state index < -0.39 is 4.92 Å². The summed E-state index contributed by atoms with van der Waals surface area (Å²) < 4.78 is 7.86. The zero-order valence-corrected chi connectivity index (χ0v) is 12.6. The zero-order valence-electron chi connectivity index (χ0n) is 11.0. The SMILES string of the molecule is CCCn1nc(C)c([N+](=O)[O-])c1Oc1cncc(Br)c1. The molecule has 0 fully saturated rings. The average Bonchev–Trinajstić information content (AvgIpc) is 2.66. The van der Waals surface area contributed by atoms with E-state index in [2.05, 4.69) is 26.0 Å². The number of nitrogens with zero attached hydrogens (tertiary/aromatic N) is 4. The molecular formula is C12H13BrN4O3. The first-order valence-electron chi connectivity index (χ1n) is 6.03. The van der Waals surface area contributed by atoms with E-state index >= 15 is 0 Å². The number of pyridine rings is 1. The van der Waals surface area contributed by atoms with Gasteiger partial charge in [-0.05, 0) is 35.3 Å². The van der Waals surface area contributed by atoms with Crippen molar-refractivity contribution in [3.05, 3.63) is 38.7 Å². The van der Waals surface area contributed by atoms with E-state index in [1.807, 2.05) is 6.92 Å². The molecule has 0 N–H and O–H groups in total. The predicted molar refractivity (Wildman–Crippen MR) is 75.9 cm³/mol. The van der Waals surface area contributed by atoms with Gasteiger partial charge in [-0.3, -0.25) is 15.1 Å². The van der Waals surface area contributed by atoms with Gasteiger partial charge in [-0.25, -0.2) is 4.68 Å². The number of halogens is 1. The van der Waals surface area contributed by atoms with Crippen molar-refractivity contribution in [2.75, 3.05) is 0 Å². The minimum atomic E-state index is -0.477. The molecule has 2 heterocycles. The van der Waals surface area contributed by atoms with Crippen LogP contribution in [0.2, 0.25) is 0 Å². The Hall–Kier alpha value is -1.96. The lowest BCUT2D eigenvalue weighted by atomic mass is 10.4. The molecule has 0 radical (unpaired) electrons. The maximum Gasteiger partial charge on any atom is 0.353 e. The minimum Gasteiger partial charge on any atom is -0.432 e. The Bertz CT molecular complexity index is 642. The molecule has 2 aromatic heterocycles. The Morgan fingerprint density at radius 3 is 2.85 bits per heavy atom. The summed E-state index contributed by atoms with van der Waals surface area (Å²) in [5.74, 6) is 0.550. The highest BCUT2D eigenvalue weighted by atomic mass is 79.9. The van der Waals surface area contributed by atoms with Crippen molar-refractivity contribution in [1.82, 2.24) is 14.8 Å². The molecular weight excluding hydrogens is 328 g/mol. The maximum absolute atomic E-state index is 11.2. The fraction of sp³-hybridized carbons (Fsp3) is 0.333. The van der Waals surface area contributed by atoms with Gasteiger partial charge in [0.25, 0.3) is 5.88 Å². The molecule has 0 bridgehead atoms. The second-order valence-corrected chi connectivity index (χ2v) is 5.08. The Morgan fingerprint density at radius 1 is 1.50 bits per heavy atom. The van der Waals surface area contributed by atoms with Gasteiger partial charge in [-0.2, -0.15) is 5.10 Å². The third kappa shape index (κ3) is 2.96. The smallest absolute Gasteiger partial charge is 0.353 e. The third-order valence-corrected chi connectivity index (χ3v) is 3.00. The summed E-state index contributed by atoms with van der Waals surface area (Å²) in [4.78, 5) is 14.7. The number of hydrogen-bond donors (Lipinski definition) is 0. The first kappa shape index (κ1) is 14.4. The van der Waals surface area contributed by atoms with Crippen molar-refractivity contribution in [3.63, 3.8) is 0 Å². The summed E-state index contributed by atoms with van der Waals surface area (Å²) in [5, 5.41) is 15.3. The first-order valence-corrected chi connectivity index (χ1v) is 6.82. The van der Waals surface area contributed by atoms with Gasteiger partial charge in [0.1, 0.15) is 11.4 Å². The van der Waals surface area contributed by atoms with Crippen LogP contribution in [0.15, 0.2) is 22.9 Å². The standard InChI is InChI=1S/C12H13BrN4O3/c1-3-4-16-12(11(17(18)19)8(2)15-16)20-10-5-9(13)6-14-7-10/h5-7H,3-4H2,1-2H3. The van der Waals surface area contributed by atoms with E-state index in [1.54, 1.807) is 19.2 Å². The molecule has 0 aliphatic heterocycles. The summed E-state index contributed by atoms with van der Waals surface area (Å²) in [6.07, 6.45) is 3.90. The Morgan fingerprint density at radius 2 is 2.25 bits per heavy atom. The van der Waals surface area contributed by atoms with Gasteiger partial charge in [0.05, 0.1) is 11.1 Å². The van der Waals surface area contributed by atoms with Crippen LogP contribution in [0.25, 0.3) is 0 Å². The van der Waals surface area contributed by atoms with Crippen LogP contribution in [-0.4, -0.2) is 19.7 Å². The number of aryl methyl sites for hydroxylation is 2. The van der Waals surface area contributed by atoms with Crippen LogP contribution in [0.4, 0.5) is 5.69 Å². The monoisotopic (exact) mass is 340 g/mol. The molecule has 2 rings (SSSR count). The molecule has 0 saturated carbocycles. The summed E-state index contributed by atoms with van der Waals surface area (Å²) in [6, 6.07) is 1.69. The van der Waals surface area contributed by atoms with Gasteiger partial charge in [0.15, 0.2) is 0 Å². The molecule has 8 heteroatoms. The number of rotatable bonds is 5. The van der Waals surface area contributed by atoms with Crippen molar-refractivity contribution >= 4 is 21.6 Å². The highest BCUT2D eigenvalue weighted by Crippen LogP contribution is 2.34. The molecule has 0 unspecified atom stereocenters. The van der Waals surface area contributed by atoms with Crippen LogP contribution in [0.5, 0.6) is 11.6 Å². The Labute approximate surface area is 123 Å². The molecule has 0 saturated heterocycles. The first-order chi connectivity index (χ1) is 9.52. The summed E-state index contributed by atoms with van der Waals surface area (Å²) >= 11 is 3.28. The fourth-order valence-electron chi connectivity index (χ4n) is 1.79. The molecule has 0 spiro atoms. The van der Waals surface area contributed by atoms with Crippen molar-refractivity contribution in [2.24, 2.45) is 0 Å². The van der Waals surface area contributed by atoms with Crippen molar-refractivity contribution < 1.29 is 9.66 Å². The maximum atomic E-state index is 11.2. The molecule has 0 amide bonds. The van der Waals surface area contributed by atoms with E-state index in [-0.39, 0.29) is 11.6 Å². The Kier molecular flexibility index (Phi) is 4.33. The summed E-state index contributed by atoms with van der Waals surface area (Å²) in [5.41, 5.74) is 0.222. The van der Waals surface area contributed by atoms with Crippen LogP contribution in [0, 0.1) is 17.0 Å². The van der Waals surface area contributed by atoms with Gasteiger partial charge < -0.3 is 4.74 Å². The van der Waals surface area contributed by atoms with Crippen molar-refractivity contribution in [3.8, 4) is 11.6 Å². The number of nitro groups is 1. The van der Waals surface area contributed by atoms with Gasteiger partial charge in [0.2, 0.25) is 0 Å². The largest absolute Gasteiger partial charge is 0.432 e. The fourth-order valence-corrected chi connectivity index (χ4v) is 2.13. The quantitative estimate of drug-likeness (QED) is 0.614. The van der Waals surface area contributed by atoms with Crippen LogP contribution in [0.3, 0.4) is 0 Å². The van der Waals surface area contributed by atoms with Crippen LogP contribution < -0.4 is 4.74 Å². The Balaban J connectivity index is 2.45. The van der Waals surface area contributed by atoms with Gasteiger partial charge in [0, 0.05) is 17.2 Å². The van der Waals surface area contributed by atoms with Crippen LogP contribution in [-0.2, 0) is 6.54 Å². The molecule has 2 aromatic rings. The van der Waals surface area contributed by atoms with E-state index in [1.165, 1.54) is 10.9 Å². The van der Waals surface area contributed by atoms with E-state index in [9.17, 15) is 10.1 Å². The topological polar surface area (TPSA) is 83.1 Å². The van der Waals surface area contributed by atoms with E-state index in [4.69, 9.17) is 4.74 Å². The third-order valence-electron chi connectivity index (χ3n) is 2.56. The highest BCUT2D eigenvalue weighted by Gasteiger charge is 2.27. The number of aromatic nitrogens is 3. The number of ether oxygens (including phenoxy) is 1. The second-order valence-electron chi connectivity index (χ2n) is 4.16. The lowest BCUT2D eigenvalue weighted by molar-refractivity contribution is -0.386. The molecule has 0 aromatic carbocycles. The van der Waals surface area contributed by atoms with Gasteiger partial charge in [-0.1, -0.05) is 6.92 Å². The minimum absolute atomic E-state index is 0.113. The van der Waals surface area contributed by atoms with E-state index in [0.29, 0.717) is 18.0 Å². The highest BCUT2D eigenvalue weighted by molar-refractivity contribution is 9.10. The van der Waals surface area contributed by atoms with Crippen LogP contribution in [0.1, 0.15) is 19.0 Å². The molecule has 0 aliphatic carbocycles. The molecule has 0 aliphatic rings. The number of hydrogen-bond acceptors (Lipinski definition) is 5. The molecule has 7 nitrogen and oxygen atoms in total.